The predicted octanol–water partition coefficient (Wildman–Crippen LogP) is 3.02. The van der Waals surface area contributed by atoms with Gasteiger partial charge in [0.05, 0.1) is 17.3 Å². The van der Waals surface area contributed by atoms with E-state index < -0.39 is 29.6 Å². The van der Waals surface area contributed by atoms with Gasteiger partial charge in [-0.05, 0) is 61.5 Å². The van der Waals surface area contributed by atoms with E-state index in [9.17, 15) is 22.8 Å². The van der Waals surface area contributed by atoms with Crippen molar-refractivity contribution in [2.24, 2.45) is 11.5 Å². The molecule has 0 aliphatic rings. The lowest BCUT2D eigenvalue weighted by Crippen LogP contribution is -2.38. The number of benzene rings is 2. The van der Waals surface area contributed by atoms with Crippen molar-refractivity contribution in [2.45, 2.75) is 25.7 Å². The third-order valence-electron chi connectivity index (χ3n) is 4.58. The van der Waals surface area contributed by atoms with Gasteiger partial charge >= 0.3 is 6.18 Å². The first-order chi connectivity index (χ1) is 15.5. The second kappa shape index (κ2) is 9.65. The van der Waals surface area contributed by atoms with Gasteiger partial charge in [0, 0.05) is 12.1 Å². The molecule has 1 heterocycles. The summed E-state index contributed by atoms with van der Waals surface area (Å²) >= 11 is 0. The largest absolute Gasteiger partial charge is 0.457 e. The van der Waals surface area contributed by atoms with E-state index in [1.807, 2.05) is 0 Å². The first kappa shape index (κ1) is 23.7. The number of aromatic nitrogens is 2. The molecule has 0 radical (unpaired) electrons. The number of rotatable bonds is 8. The van der Waals surface area contributed by atoms with Crippen LogP contribution < -0.4 is 21.5 Å². The molecule has 33 heavy (non-hydrogen) atoms. The molecular weight excluding hydrogens is 439 g/mol. The standard InChI is InChI=1S/C22H20F3N5O3/c1-12(19(26)31)28-11-15-10-18(20(27)32)30-21(29-15)13-2-6-16(7-3-13)33-17-8-4-14(5-9-17)22(23,24)25/h2-10,12,28H,11H2,1H3,(H2,26,31)(H2,27,32)/t12-/m0/s1. The van der Waals surface area contributed by atoms with Crippen LogP contribution in [0.15, 0.2) is 54.6 Å². The minimum absolute atomic E-state index is 0.00592. The molecule has 11 heteroatoms. The van der Waals surface area contributed by atoms with Gasteiger partial charge < -0.3 is 21.5 Å². The number of hydrogen-bond acceptors (Lipinski definition) is 6. The molecular formula is C22H20F3N5O3. The Kier molecular flexibility index (Phi) is 6.92. The van der Waals surface area contributed by atoms with Crippen LogP contribution in [0.2, 0.25) is 0 Å². The van der Waals surface area contributed by atoms with E-state index in [1.165, 1.54) is 18.2 Å². The third-order valence-corrected chi connectivity index (χ3v) is 4.58. The maximum Gasteiger partial charge on any atom is 0.416 e. The zero-order valence-corrected chi connectivity index (χ0v) is 17.4. The maximum absolute atomic E-state index is 12.7. The Morgan fingerprint density at radius 1 is 1.00 bits per heavy atom. The van der Waals surface area contributed by atoms with E-state index >= 15 is 0 Å². The Hall–Kier alpha value is -3.99. The molecule has 3 rings (SSSR count). The van der Waals surface area contributed by atoms with Crippen LogP contribution in [0.4, 0.5) is 13.2 Å². The molecule has 1 atom stereocenters. The molecule has 0 aliphatic carbocycles. The van der Waals surface area contributed by atoms with Crippen LogP contribution in [0.1, 0.15) is 28.7 Å². The van der Waals surface area contributed by atoms with Gasteiger partial charge in [0.1, 0.15) is 17.2 Å². The van der Waals surface area contributed by atoms with E-state index in [0.717, 1.165) is 12.1 Å². The monoisotopic (exact) mass is 459 g/mol. The van der Waals surface area contributed by atoms with Crippen LogP contribution in [-0.4, -0.2) is 27.8 Å². The lowest BCUT2D eigenvalue weighted by atomic mass is 10.2. The first-order valence-electron chi connectivity index (χ1n) is 9.69. The summed E-state index contributed by atoms with van der Waals surface area (Å²) in [5, 5.41) is 2.89. The van der Waals surface area contributed by atoms with Crippen molar-refractivity contribution in [3.05, 3.63) is 71.5 Å². The molecule has 3 aromatic rings. The molecule has 8 nitrogen and oxygen atoms in total. The van der Waals surface area contributed by atoms with Gasteiger partial charge in [0.25, 0.3) is 5.91 Å². The number of hydrogen-bond donors (Lipinski definition) is 3. The molecule has 0 unspecified atom stereocenters. The molecule has 2 amide bonds. The number of primary amides is 2. The smallest absolute Gasteiger partial charge is 0.416 e. The molecule has 0 fully saturated rings. The summed E-state index contributed by atoms with van der Waals surface area (Å²) in [6.45, 7) is 1.74. The number of alkyl halides is 3. The number of amides is 2. The molecule has 0 aliphatic heterocycles. The molecule has 0 bridgehead atoms. The summed E-state index contributed by atoms with van der Waals surface area (Å²) in [7, 11) is 0. The summed E-state index contributed by atoms with van der Waals surface area (Å²) < 4.78 is 43.6. The molecule has 5 N–H and O–H groups in total. The van der Waals surface area contributed by atoms with Crippen LogP contribution in [-0.2, 0) is 17.5 Å². The molecule has 0 saturated carbocycles. The number of halogens is 3. The highest BCUT2D eigenvalue weighted by molar-refractivity contribution is 5.91. The molecule has 1 aromatic heterocycles. The van der Waals surface area contributed by atoms with Crippen molar-refractivity contribution in [3.63, 3.8) is 0 Å². The Morgan fingerprint density at radius 2 is 1.58 bits per heavy atom. The van der Waals surface area contributed by atoms with Crippen molar-refractivity contribution >= 4 is 11.8 Å². The summed E-state index contributed by atoms with van der Waals surface area (Å²) in [4.78, 5) is 31.4. The van der Waals surface area contributed by atoms with E-state index in [1.54, 1.807) is 31.2 Å². The molecule has 2 aromatic carbocycles. The van der Waals surface area contributed by atoms with Crippen LogP contribution in [0.5, 0.6) is 11.5 Å². The minimum atomic E-state index is -4.42. The number of carbonyl (C=O) groups excluding carboxylic acids is 2. The molecule has 0 spiro atoms. The third kappa shape index (κ3) is 6.26. The minimum Gasteiger partial charge on any atom is -0.457 e. The van der Waals surface area contributed by atoms with Crippen molar-refractivity contribution in [3.8, 4) is 22.9 Å². The Bertz CT molecular complexity index is 1150. The summed E-state index contributed by atoms with van der Waals surface area (Å²) in [6, 6.07) is 11.5. The second-order valence-electron chi connectivity index (χ2n) is 7.09. The highest BCUT2D eigenvalue weighted by Gasteiger charge is 2.30. The number of ether oxygens (including phenoxy) is 1. The average molecular weight is 459 g/mol. The van der Waals surface area contributed by atoms with Gasteiger partial charge in [-0.25, -0.2) is 9.97 Å². The van der Waals surface area contributed by atoms with Gasteiger partial charge in [-0.3, -0.25) is 9.59 Å². The Morgan fingerprint density at radius 3 is 2.09 bits per heavy atom. The predicted molar refractivity (Wildman–Crippen MR) is 113 cm³/mol. The van der Waals surface area contributed by atoms with E-state index in [-0.39, 0.29) is 23.8 Å². The topological polar surface area (TPSA) is 133 Å². The fourth-order valence-corrected chi connectivity index (χ4v) is 2.72. The first-order valence-corrected chi connectivity index (χ1v) is 9.69. The second-order valence-corrected chi connectivity index (χ2v) is 7.09. The SMILES string of the molecule is C[C@H](NCc1cc(C(N)=O)nc(-c2ccc(Oc3ccc(C(F)(F)F)cc3)cc2)n1)C(N)=O. The van der Waals surface area contributed by atoms with Crippen molar-refractivity contribution < 1.29 is 27.5 Å². The quantitative estimate of drug-likeness (QED) is 0.474. The summed E-state index contributed by atoms with van der Waals surface area (Å²) in [5.41, 5.74) is 10.8. The van der Waals surface area contributed by atoms with Crippen LogP contribution in [0, 0.1) is 0 Å². The van der Waals surface area contributed by atoms with Gasteiger partial charge in [0.15, 0.2) is 5.82 Å². The lowest BCUT2D eigenvalue weighted by Gasteiger charge is -2.12. The van der Waals surface area contributed by atoms with Crippen molar-refractivity contribution in [1.29, 1.82) is 0 Å². The van der Waals surface area contributed by atoms with Gasteiger partial charge in [-0.15, -0.1) is 0 Å². The number of nitrogens with zero attached hydrogens (tertiary/aromatic N) is 2. The fourth-order valence-electron chi connectivity index (χ4n) is 2.72. The zero-order chi connectivity index (χ0) is 24.2. The maximum atomic E-state index is 12.7. The lowest BCUT2D eigenvalue weighted by molar-refractivity contribution is -0.137. The van der Waals surface area contributed by atoms with E-state index in [4.69, 9.17) is 16.2 Å². The van der Waals surface area contributed by atoms with Crippen LogP contribution in [0.3, 0.4) is 0 Å². The molecule has 172 valence electrons. The normalized spacial score (nSPS) is 12.2. The Labute approximate surface area is 186 Å². The van der Waals surface area contributed by atoms with Crippen LogP contribution >= 0.6 is 0 Å². The Balaban J connectivity index is 1.79. The number of nitrogens with one attached hydrogen (secondary N) is 1. The van der Waals surface area contributed by atoms with E-state index in [0.29, 0.717) is 17.0 Å². The van der Waals surface area contributed by atoms with Crippen LogP contribution in [0.25, 0.3) is 11.4 Å². The number of carbonyl (C=O) groups is 2. The average Bonchev–Trinajstić information content (AvgIpc) is 2.77. The van der Waals surface area contributed by atoms with Gasteiger partial charge in [0.2, 0.25) is 5.91 Å². The van der Waals surface area contributed by atoms with E-state index in [2.05, 4.69) is 15.3 Å². The zero-order valence-electron chi connectivity index (χ0n) is 17.4. The summed E-state index contributed by atoms with van der Waals surface area (Å²) in [5.74, 6) is -0.453. The highest BCUT2D eigenvalue weighted by atomic mass is 19.4. The van der Waals surface area contributed by atoms with Crippen molar-refractivity contribution in [2.75, 3.05) is 0 Å². The van der Waals surface area contributed by atoms with Crippen molar-refractivity contribution in [1.82, 2.24) is 15.3 Å². The number of nitrogens with two attached hydrogens (primary N) is 2. The highest BCUT2D eigenvalue weighted by Crippen LogP contribution is 2.31. The van der Waals surface area contributed by atoms with Gasteiger partial charge in [-0.2, -0.15) is 13.2 Å². The fraction of sp³-hybridized carbons (Fsp3) is 0.182. The van der Waals surface area contributed by atoms with Gasteiger partial charge in [-0.1, -0.05) is 0 Å². The summed E-state index contributed by atoms with van der Waals surface area (Å²) in [6.07, 6.45) is -4.42. The molecule has 0 saturated heterocycles.